The third-order valence-corrected chi connectivity index (χ3v) is 9.70. The van der Waals surface area contributed by atoms with E-state index >= 15 is 0 Å². The van der Waals surface area contributed by atoms with Crippen molar-refractivity contribution in [1.82, 2.24) is 5.09 Å². The molecular weight excluding hydrogens is 570 g/mol. The molecule has 1 amide bonds. The number of hydrogen-bond donors (Lipinski definition) is 1. The molecule has 0 aliphatic heterocycles. The second-order valence-corrected chi connectivity index (χ2v) is 14.2. The fourth-order valence-corrected chi connectivity index (χ4v) is 5.75. The molecule has 2 aromatic carbocycles. The normalized spacial score (nSPS) is 19.2. The number of halogens is 2. The lowest BCUT2D eigenvalue weighted by Crippen LogP contribution is -2.15. The topological polar surface area (TPSA) is 115 Å². The first kappa shape index (κ1) is 31.7. The molecule has 38 heavy (non-hydrogen) atoms. The van der Waals surface area contributed by atoms with Crippen LogP contribution in [0.1, 0.15) is 32.4 Å². The van der Waals surface area contributed by atoms with Gasteiger partial charge in [-0.25, -0.2) is 0 Å². The van der Waals surface area contributed by atoms with Gasteiger partial charge in [-0.05, 0) is 47.9 Å². The van der Waals surface area contributed by atoms with Crippen LogP contribution in [-0.4, -0.2) is 25.2 Å². The monoisotopic (exact) mass is 598 g/mol. The summed E-state index contributed by atoms with van der Waals surface area (Å²) in [4.78, 5) is 23.0. The van der Waals surface area contributed by atoms with Crippen molar-refractivity contribution in [2.24, 2.45) is 17.3 Å². The maximum absolute atomic E-state index is 12.6. The number of hydrogen-bond acceptors (Lipinski definition) is 8. The van der Waals surface area contributed by atoms with E-state index in [1.165, 1.54) is 14.0 Å². The van der Waals surface area contributed by atoms with Crippen LogP contribution in [0.4, 0.5) is 0 Å². The van der Waals surface area contributed by atoms with Crippen LogP contribution in [-0.2, 0) is 23.4 Å². The van der Waals surface area contributed by atoms with Gasteiger partial charge in [0.2, 0.25) is 12.0 Å². The van der Waals surface area contributed by atoms with Gasteiger partial charge in [-0.1, -0.05) is 78.8 Å². The average molecular weight is 599 g/mol. The molecule has 0 spiro atoms. The molecule has 0 aromatic heterocycles. The van der Waals surface area contributed by atoms with Crippen molar-refractivity contribution in [3.05, 3.63) is 70.7 Å². The highest BCUT2D eigenvalue weighted by Crippen LogP contribution is 2.60. The number of esters is 1. The van der Waals surface area contributed by atoms with Crippen LogP contribution in [0.15, 0.2) is 65.2 Å². The largest absolute Gasteiger partial charge is 0.457 e. The van der Waals surface area contributed by atoms with Gasteiger partial charge in [0.1, 0.15) is 22.1 Å². The van der Waals surface area contributed by atoms with E-state index in [1.54, 1.807) is 36.6 Å². The van der Waals surface area contributed by atoms with Gasteiger partial charge < -0.3 is 14.0 Å². The molecule has 204 valence electrons. The Labute approximate surface area is 236 Å². The molecule has 4 unspecified atom stereocenters. The predicted octanol–water partition coefficient (Wildman–Crippen LogP) is 7.42. The Morgan fingerprint density at radius 2 is 1.79 bits per heavy atom. The van der Waals surface area contributed by atoms with Crippen molar-refractivity contribution in [1.29, 1.82) is 5.26 Å². The minimum Gasteiger partial charge on any atom is -0.457 e. The molecule has 3 rings (SSSR count). The fraction of sp³-hybridized carbons (Fsp3) is 0.346. The minimum atomic E-state index is -2.92. The van der Waals surface area contributed by atoms with Crippen molar-refractivity contribution in [3.63, 3.8) is 0 Å². The Hall–Kier alpha value is -2.47. The number of carbonyl (C=O) groups excluding carboxylic acids is 2. The van der Waals surface area contributed by atoms with Crippen molar-refractivity contribution in [2.75, 3.05) is 13.4 Å². The van der Waals surface area contributed by atoms with Gasteiger partial charge in [-0.2, -0.15) is 5.26 Å². The first-order valence-electron chi connectivity index (χ1n) is 11.3. The minimum absolute atomic E-state index is 0.114. The standard InChI is InChI=1S/C22H19Cl2NO3.C4H10NO3PS/c1-22(2)17(12-19(23)24)20(22)21(26)28-18(13-25)14-7-6-10-16(11-14)27-15-8-4-3-5-9-15;1-4(6)5-9(7,8-2)10-3/h3-12,17-18,20H,1-2H3;1-3H3,(H,5,6,7). The average Bonchev–Trinajstić information content (AvgIpc) is 3.41. The maximum atomic E-state index is 12.6. The summed E-state index contributed by atoms with van der Waals surface area (Å²) in [6, 6.07) is 18.3. The molecule has 1 N–H and O–H groups in total. The quantitative estimate of drug-likeness (QED) is 0.234. The summed E-state index contributed by atoms with van der Waals surface area (Å²) in [5.74, 6) is -0.0584. The molecule has 8 nitrogen and oxygen atoms in total. The molecule has 0 saturated heterocycles. The molecular formula is C26H29Cl2N2O6PS. The van der Waals surface area contributed by atoms with Crippen molar-refractivity contribution >= 4 is 53.2 Å². The zero-order valence-corrected chi connectivity index (χ0v) is 24.7. The maximum Gasteiger partial charge on any atom is 0.352 e. The van der Waals surface area contributed by atoms with E-state index in [9.17, 15) is 19.4 Å². The second-order valence-electron chi connectivity index (χ2n) is 8.75. The van der Waals surface area contributed by atoms with Crippen LogP contribution in [0.2, 0.25) is 0 Å². The lowest BCUT2D eigenvalue weighted by Gasteiger charge is -2.13. The molecule has 12 heteroatoms. The first-order valence-corrected chi connectivity index (χ1v) is 15.5. The van der Waals surface area contributed by atoms with E-state index in [0.717, 1.165) is 11.4 Å². The number of rotatable bonds is 9. The van der Waals surface area contributed by atoms with Gasteiger partial charge in [0.15, 0.2) is 0 Å². The number of nitriles is 1. The van der Waals surface area contributed by atoms with Gasteiger partial charge in [0.25, 0.3) is 0 Å². The molecule has 0 bridgehead atoms. The Morgan fingerprint density at radius 1 is 1.16 bits per heavy atom. The molecule has 1 aliphatic rings. The number of allylic oxidation sites excluding steroid dienone is 1. The Bertz CT molecular complexity index is 1240. The molecule has 1 saturated carbocycles. The molecule has 4 atom stereocenters. The number of ether oxygens (including phenoxy) is 2. The van der Waals surface area contributed by atoms with Crippen LogP contribution >= 0.6 is 41.3 Å². The predicted molar refractivity (Wildman–Crippen MR) is 150 cm³/mol. The highest BCUT2D eigenvalue weighted by atomic mass is 35.5. The number of amides is 1. The summed E-state index contributed by atoms with van der Waals surface area (Å²) in [5.41, 5.74) is 0.231. The zero-order chi connectivity index (χ0) is 28.5. The van der Waals surface area contributed by atoms with Crippen LogP contribution in [0.5, 0.6) is 11.5 Å². The number of nitrogens with zero attached hydrogens (tertiary/aromatic N) is 1. The number of para-hydroxylation sites is 1. The third-order valence-electron chi connectivity index (χ3n) is 5.74. The van der Waals surface area contributed by atoms with Crippen LogP contribution < -0.4 is 9.82 Å². The molecule has 0 radical (unpaired) electrons. The van der Waals surface area contributed by atoms with Gasteiger partial charge in [0.05, 0.1) is 5.92 Å². The summed E-state index contributed by atoms with van der Waals surface area (Å²) >= 11 is 12.5. The lowest BCUT2D eigenvalue weighted by atomic mass is 10.1. The smallest absolute Gasteiger partial charge is 0.352 e. The Morgan fingerprint density at radius 3 is 2.29 bits per heavy atom. The van der Waals surface area contributed by atoms with E-state index in [2.05, 4.69) is 9.61 Å². The summed E-state index contributed by atoms with van der Waals surface area (Å²) in [7, 11) is 1.30. The lowest BCUT2D eigenvalue weighted by molar-refractivity contribution is -0.149. The van der Waals surface area contributed by atoms with E-state index in [4.69, 9.17) is 32.7 Å². The van der Waals surface area contributed by atoms with Gasteiger partial charge >= 0.3 is 12.7 Å². The summed E-state index contributed by atoms with van der Waals surface area (Å²) in [6.45, 7) is 2.25. The molecule has 1 fully saturated rings. The van der Waals surface area contributed by atoms with Gasteiger partial charge in [-0.3, -0.25) is 19.2 Å². The van der Waals surface area contributed by atoms with Gasteiger partial charge in [0, 0.05) is 19.6 Å². The summed E-state index contributed by atoms with van der Waals surface area (Å²) in [6.07, 6.45) is 2.23. The van der Waals surface area contributed by atoms with E-state index < -0.39 is 18.8 Å². The first-order chi connectivity index (χ1) is 17.9. The third kappa shape index (κ3) is 9.07. The molecule has 2 aromatic rings. The van der Waals surface area contributed by atoms with E-state index in [1.807, 2.05) is 50.2 Å². The van der Waals surface area contributed by atoms with Crippen LogP contribution in [0, 0.1) is 28.6 Å². The van der Waals surface area contributed by atoms with Crippen molar-refractivity contribution < 1.29 is 28.2 Å². The molecule has 0 heterocycles. The van der Waals surface area contributed by atoms with Crippen molar-refractivity contribution in [3.8, 4) is 17.6 Å². The summed E-state index contributed by atoms with van der Waals surface area (Å²) in [5, 5.41) is 11.7. The molecule has 1 aliphatic carbocycles. The fourth-order valence-electron chi connectivity index (χ4n) is 3.66. The van der Waals surface area contributed by atoms with E-state index in [0.29, 0.717) is 17.1 Å². The Balaban J connectivity index is 0.000000432. The highest BCUT2D eigenvalue weighted by molar-refractivity contribution is 8.55. The highest BCUT2D eigenvalue weighted by Gasteiger charge is 2.62. The van der Waals surface area contributed by atoms with Crippen LogP contribution in [0.3, 0.4) is 0 Å². The SMILES string of the molecule is CC1(C)C(C=C(Cl)Cl)C1C(=O)OC(C#N)c1cccc(Oc2ccccc2)c1.COP(=O)(NC(C)=O)SC. The van der Waals surface area contributed by atoms with Gasteiger partial charge in [-0.15, -0.1) is 0 Å². The zero-order valence-electron chi connectivity index (χ0n) is 21.5. The number of carbonyl (C=O) groups is 2. The number of nitrogens with one attached hydrogen (secondary N) is 1. The van der Waals surface area contributed by atoms with E-state index in [-0.39, 0.29) is 27.6 Å². The van der Waals surface area contributed by atoms with Crippen molar-refractivity contribution in [2.45, 2.75) is 26.9 Å². The van der Waals surface area contributed by atoms with Crippen LogP contribution in [0.25, 0.3) is 0 Å². The number of benzene rings is 2. The second kappa shape index (κ2) is 14.1. The Kier molecular flexibility index (Phi) is 11.8. The summed E-state index contributed by atoms with van der Waals surface area (Å²) < 4.78 is 27.2.